The van der Waals surface area contributed by atoms with Gasteiger partial charge in [-0.15, -0.1) is 0 Å². The molecule has 4 aromatic rings. The fourth-order valence-corrected chi connectivity index (χ4v) is 4.52. The molecular formula is C29H27Cl2FN4O2. The second-order valence-corrected chi connectivity index (χ2v) is 10.1. The standard InChI is InChI=1S/C29H27Cl2FN4O2/c1-17(2)27(34-28(37)20-10-13-24(30)25(31)14-20)29(38)35-33-15-23-18(3)36(26-7-5-4-6-22(23)26)16-19-8-11-21(32)12-9-19/h4-15,17,27H,16H2,1-3H3,(H,34,37)(H,35,38). The second-order valence-electron chi connectivity index (χ2n) is 9.29. The summed E-state index contributed by atoms with van der Waals surface area (Å²) in [6.45, 7) is 6.19. The Balaban J connectivity index is 1.52. The first kappa shape index (κ1) is 27.4. The van der Waals surface area contributed by atoms with E-state index in [1.165, 1.54) is 24.3 Å². The number of benzene rings is 3. The molecule has 0 aliphatic carbocycles. The van der Waals surface area contributed by atoms with E-state index in [0.717, 1.165) is 27.7 Å². The minimum Gasteiger partial charge on any atom is -0.340 e. The maximum Gasteiger partial charge on any atom is 0.262 e. The van der Waals surface area contributed by atoms with E-state index in [0.29, 0.717) is 17.1 Å². The Hall–Kier alpha value is -3.68. The molecule has 0 bridgehead atoms. The normalized spacial score (nSPS) is 12.3. The highest BCUT2D eigenvalue weighted by Gasteiger charge is 2.25. The van der Waals surface area contributed by atoms with Crippen LogP contribution in [-0.4, -0.2) is 28.6 Å². The molecule has 1 heterocycles. The summed E-state index contributed by atoms with van der Waals surface area (Å²) in [7, 11) is 0. The number of rotatable bonds is 8. The summed E-state index contributed by atoms with van der Waals surface area (Å²) in [5.74, 6) is -1.37. The lowest BCUT2D eigenvalue weighted by atomic mass is 10.0. The molecule has 1 atom stereocenters. The molecule has 6 nitrogen and oxygen atoms in total. The topological polar surface area (TPSA) is 75.5 Å². The van der Waals surface area contributed by atoms with Crippen molar-refractivity contribution in [2.75, 3.05) is 0 Å². The third kappa shape index (κ3) is 6.06. The molecule has 2 N–H and O–H groups in total. The van der Waals surface area contributed by atoms with E-state index >= 15 is 0 Å². The summed E-state index contributed by atoms with van der Waals surface area (Å²) in [5, 5.41) is 8.52. The van der Waals surface area contributed by atoms with Crippen molar-refractivity contribution >= 4 is 52.1 Å². The predicted octanol–water partition coefficient (Wildman–Crippen LogP) is 6.35. The van der Waals surface area contributed by atoms with E-state index < -0.39 is 17.9 Å². The van der Waals surface area contributed by atoms with Gasteiger partial charge < -0.3 is 9.88 Å². The summed E-state index contributed by atoms with van der Waals surface area (Å²) in [6.07, 6.45) is 1.61. The van der Waals surface area contributed by atoms with Crippen molar-refractivity contribution in [3.05, 3.63) is 105 Å². The van der Waals surface area contributed by atoms with Crippen molar-refractivity contribution in [3.63, 3.8) is 0 Å². The third-order valence-corrected chi connectivity index (χ3v) is 7.06. The van der Waals surface area contributed by atoms with Crippen LogP contribution in [0.5, 0.6) is 0 Å². The molecule has 0 aliphatic rings. The van der Waals surface area contributed by atoms with E-state index in [-0.39, 0.29) is 16.8 Å². The molecule has 0 spiro atoms. The van der Waals surface area contributed by atoms with Crippen molar-refractivity contribution in [1.29, 1.82) is 0 Å². The van der Waals surface area contributed by atoms with Crippen LogP contribution in [0.1, 0.15) is 41.0 Å². The van der Waals surface area contributed by atoms with Gasteiger partial charge in [-0.2, -0.15) is 5.10 Å². The monoisotopic (exact) mass is 552 g/mol. The van der Waals surface area contributed by atoms with Gasteiger partial charge in [0, 0.05) is 34.3 Å². The molecule has 196 valence electrons. The zero-order valence-electron chi connectivity index (χ0n) is 21.1. The van der Waals surface area contributed by atoms with Crippen LogP contribution < -0.4 is 10.7 Å². The van der Waals surface area contributed by atoms with Gasteiger partial charge >= 0.3 is 0 Å². The van der Waals surface area contributed by atoms with Gasteiger partial charge in [-0.3, -0.25) is 9.59 Å². The fraction of sp³-hybridized carbons (Fsp3) is 0.207. The van der Waals surface area contributed by atoms with Crippen molar-refractivity contribution in [3.8, 4) is 0 Å². The molecular weight excluding hydrogens is 526 g/mol. The van der Waals surface area contributed by atoms with Crippen molar-refractivity contribution in [1.82, 2.24) is 15.3 Å². The number of halogens is 3. The van der Waals surface area contributed by atoms with Gasteiger partial charge in [-0.1, -0.05) is 67.4 Å². The number of nitrogens with one attached hydrogen (secondary N) is 2. The zero-order chi connectivity index (χ0) is 27.4. The van der Waals surface area contributed by atoms with Gasteiger partial charge in [-0.05, 0) is 54.8 Å². The average Bonchev–Trinajstić information content (AvgIpc) is 3.15. The molecule has 0 saturated carbocycles. The number of carbonyl (C=O) groups is 2. The Labute approximate surface area is 230 Å². The highest BCUT2D eigenvalue weighted by molar-refractivity contribution is 6.42. The number of hydrazone groups is 1. The molecule has 0 fully saturated rings. The van der Waals surface area contributed by atoms with Crippen LogP contribution in [0.15, 0.2) is 71.8 Å². The van der Waals surface area contributed by atoms with Gasteiger partial charge in [-0.25, -0.2) is 9.82 Å². The highest BCUT2D eigenvalue weighted by atomic mass is 35.5. The Morgan fingerprint density at radius 1 is 1.03 bits per heavy atom. The van der Waals surface area contributed by atoms with Gasteiger partial charge in [0.15, 0.2) is 0 Å². The zero-order valence-corrected chi connectivity index (χ0v) is 22.6. The van der Waals surface area contributed by atoms with E-state index in [9.17, 15) is 14.0 Å². The van der Waals surface area contributed by atoms with Gasteiger partial charge in [0.2, 0.25) is 0 Å². The van der Waals surface area contributed by atoms with Crippen molar-refractivity contribution in [2.24, 2.45) is 11.0 Å². The van der Waals surface area contributed by atoms with Crippen LogP contribution in [0.25, 0.3) is 10.9 Å². The van der Waals surface area contributed by atoms with Crippen molar-refractivity contribution < 1.29 is 14.0 Å². The Kier molecular flexibility index (Phi) is 8.49. The quantitative estimate of drug-likeness (QED) is 0.197. The van der Waals surface area contributed by atoms with Gasteiger partial charge in [0.25, 0.3) is 11.8 Å². The number of para-hydroxylation sites is 1. The first-order valence-corrected chi connectivity index (χ1v) is 12.8. The molecule has 1 aromatic heterocycles. The van der Waals surface area contributed by atoms with E-state index in [1.807, 2.05) is 45.0 Å². The number of nitrogens with zero attached hydrogens (tertiary/aromatic N) is 2. The van der Waals surface area contributed by atoms with Crippen molar-refractivity contribution in [2.45, 2.75) is 33.4 Å². The number of carbonyl (C=O) groups excluding carboxylic acids is 2. The third-order valence-electron chi connectivity index (χ3n) is 6.32. The van der Waals surface area contributed by atoms with Crippen LogP contribution in [0.2, 0.25) is 10.0 Å². The van der Waals surface area contributed by atoms with E-state index in [2.05, 4.69) is 20.4 Å². The van der Waals surface area contributed by atoms with Crippen LogP contribution in [0.3, 0.4) is 0 Å². The molecule has 4 rings (SSSR count). The first-order chi connectivity index (χ1) is 18.2. The Morgan fingerprint density at radius 3 is 2.42 bits per heavy atom. The van der Waals surface area contributed by atoms with E-state index in [4.69, 9.17) is 23.2 Å². The minimum absolute atomic E-state index is 0.198. The highest BCUT2D eigenvalue weighted by Crippen LogP contribution is 2.26. The SMILES string of the molecule is Cc1c(C=NNC(=O)C(NC(=O)c2ccc(Cl)c(Cl)c2)C(C)C)c2ccccc2n1Cc1ccc(F)cc1. The molecule has 0 saturated heterocycles. The van der Waals surface area contributed by atoms with Crippen LogP contribution in [0, 0.1) is 18.7 Å². The summed E-state index contributed by atoms with van der Waals surface area (Å²) >= 11 is 12.0. The lowest BCUT2D eigenvalue weighted by molar-refractivity contribution is -0.123. The number of hydrogen-bond donors (Lipinski definition) is 2. The smallest absolute Gasteiger partial charge is 0.262 e. The molecule has 0 radical (unpaired) electrons. The maximum atomic E-state index is 13.4. The van der Waals surface area contributed by atoms with E-state index in [1.54, 1.807) is 24.4 Å². The van der Waals surface area contributed by atoms with Crippen LogP contribution >= 0.6 is 23.2 Å². The molecule has 2 amide bonds. The Bertz CT molecular complexity index is 1510. The molecule has 38 heavy (non-hydrogen) atoms. The molecule has 9 heteroatoms. The molecule has 1 unspecified atom stereocenters. The Morgan fingerprint density at radius 2 is 1.74 bits per heavy atom. The number of aromatic nitrogens is 1. The molecule has 3 aromatic carbocycles. The fourth-order valence-electron chi connectivity index (χ4n) is 4.22. The summed E-state index contributed by atoms with van der Waals surface area (Å²) in [4.78, 5) is 25.7. The molecule has 0 aliphatic heterocycles. The number of fused-ring (bicyclic) bond motifs is 1. The predicted molar refractivity (Wildman–Crippen MR) is 150 cm³/mol. The lowest BCUT2D eigenvalue weighted by Crippen LogP contribution is -2.48. The lowest BCUT2D eigenvalue weighted by Gasteiger charge is -2.20. The maximum absolute atomic E-state index is 13.4. The summed E-state index contributed by atoms with van der Waals surface area (Å²) in [5.41, 5.74) is 6.62. The largest absolute Gasteiger partial charge is 0.340 e. The second kappa shape index (κ2) is 11.8. The number of amides is 2. The van der Waals surface area contributed by atoms with Crippen LogP contribution in [-0.2, 0) is 11.3 Å². The minimum atomic E-state index is -0.824. The average molecular weight is 553 g/mol. The van der Waals surface area contributed by atoms with Gasteiger partial charge in [0.1, 0.15) is 11.9 Å². The summed E-state index contributed by atoms with van der Waals surface area (Å²) in [6, 6.07) is 18.0. The number of hydrogen-bond acceptors (Lipinski definition) is 3. The van der Waals surface area contributed by atoms with Gasteiger partial charge in [0.05, 0.1) is 16.3 Å². The first-order valence-electron chi connectivity index (χ1n) is 12.1. The van der Waals surface area contributed by atoms with Crippen LogP contribution in [0.4, 0.5) is 4.39 Å². The summed E-state index contributed by atoms with van der Waals surface area (Å²) < 4.78 is 15.5.